The van der Waals surface area contributed by atoms with Crippen molar-refractivity contribution in [3.8, 4) is 0 Å². The van der Waals surface area contributed by atoms with Crippen molar-refractivity contribution in [1.82, 2.24) is 4.90 Å². The van der Waals surface area contributed by atoms with E-state index in [9.17, 15) is 4.79 Å². The molecule has 1 atom stereocenters. The average molecular weight is 270 g/mol. The molecule has 0 bridgehead atoms. The smallest absolute Gasteiger partial charge is 0.235 e. The second kappa shape index (κ2) is 5.55. The van der Waals surface area contributed by atoms with Gasteiger partial charge in [-0.25, -0.2) is 0 Å². The molecule has 1 amide bonds. The summed E-state index contributed by atoms with van der Waals surface area (Å²) in [6.45, 7) is 8.57. The van der Waals surface area contributed by atoms with Crippen LogP contribution in [0.15, 0.2) is 0 Å². The molecule has 3 nitrogen and oxygen atoms in total. The van der Waals surface area contributed by atoms with Crippen molar-refractivity contribution in [3.05, 3.63) is 0 Å². The van der Waals surface area contributed by atoms with Gasteiger partial charge in [-0.15, -0.1) is 0 Å². The summed E-state index contributed by atoms with van der Waals surface area (Å²) < 4.78 is 0. The summed E-state index contributed by atoms with van der Waals surface area (Å²) in [7, 11) is 1.87. The first-order chi connectivity index (χ1) is 8.20. The van der Waals surface area contributed by atoms with E-state index >= 15 is 0 Å². The van der Waals surface area contributed by atoms with Crippen LogP contribution in [0.1, 0.15) is 47.0 Å². The molecular formula is C14H26N2OS. The van der Waals surface area contributed by atoms with E-state index in [1.54, 1.807) is 0 Å². The number of carbonyl (C=O) groups is 1. The lowest BCUT2D eigenvalue weighted by atomic mass is 9.61. The lowest BCUT2D eigenvalue weighted by Crippen LogP contribution is -2.57. The van der Waals surface area contributed by atoms with Gasteiger partial charge in [0, 0.05) is 13.1 Å². The SMILES string of the molecule is CC(C)CC(C)N(C)C(=O)C1(C(N)=S)CC(C)C1. The number of amides is 1. The average Bonchev–Trinajstić information content (AvgIpc) is 2.20. The minimum Gasteiger partial charge on any atom is -0.392 e. The summed E-state index contributed by atoms with van der Waals surface area (Å²) in [4.78, 5) is 14.8. The zero-order chi connectivity index (χ0) is 14.1. The summed E-state index contributed by atoms with van der Waals surface area (Å²) in [5.74, 6) is 1.24. The molecule has 0 aromatic rings. The van der Waals surface area contributed by atoms with Crippen molar-refractivity contribution >= 4 is 23.1 Å². The Morgan fingerprint density at radius 2 is 1.94 bits per heavy atom. The Kier molecular flexibility index (Phi) is 4.76. The molecule has 1 aliphatic carbocycles. The Morgan fingerprint density at radius 1 is 1.44 bits per heavy atom. The fourth-order valence-electron chi connectivity index (χ4n) is 2.99. The van der Waals surface area contributed by atoms with E-state index in [1.807, 2.05) is 11.9 Å². The van der Waals surface area contributed by atoms with Crippen LogP contribution < -0.4 is 5.73 Å². The van der Waals surface area contributed by atoms with Gasteiger partial charge in [0.05, 0.1) is 10.4 Å². The van der Waals surface area contributed by atoms with Gasteiger partial charge in [0.15, 0.2) is 0 Å². The van der Waals surface area contributed by atoms with Gasteiger partial charge in [-0.3, -0.25) is 4.79 Å². The fourth-order valence-corrected chi connectivity index (χ4v) is 3.24. The van der Waals surface area contributed by atoms with Crippen molar-refractivity contribution < 1.29 is 4.79 Å². The third-order valence-electron chi connectivity index (χ3n) is 4.07. The standard InChI is InChI=1S/C14H26N2OS/c1-9(2)6-11(4)16(5)13(17)14(12(15)18)7-10(3)8-14/h9-11H,6-8H2,1-5H3,(H2,15,18). The number of carbonyl (C=O) groups excluding carboxylic acids is 1. The van der Waals surface area contributed by atoms with Crippen LogP contribution >= 0.6 is 12.2 Å². The minimum absolute atomic E-state index is 0.112. The molecule has 18 heavy (non-hydrogen) atoms. The molecule has 0 aromatic heterocycles. The molecule has 0 heterocycles. The molecule has 1 aliphatic rings. The molecule has 1 saturated carbocycles. The van der Waals surface area contributed by atoms with Gasteiger partial charge >= 0.3 is 0 Å². The first kappa shape index (κ1) is 15.4. The third-order valence-corrected chi connectivity index (χ3v) is 4.46. The number of hydrogen-bond acceptors (Lipinski definition) is 2. The molecule has 0 aromatic carbocycles. The van der Waals surface area contributed by atoms with Gasteiger partial charge in [-0.2, -0.15) is 0 Å². The molecule has 1 unspecified atom stereocenters. The van der Waals surface area contributed by atoms with Crippen LogP contribution in [0.5, 0.6) is 0 Å². The number of rotatable bonds is 5. The highest BCUT2D eigenvalue weighted by Gasteiger charge is 2.52. The van der Waals surface area contributed by atoms with E-state index in [4.69, 9.17) is 18.0 Å². The van der Waals surface area contributed by atoms with Gasteiger partial charge in [0.2, 0.25) is 5.91 Å². The van der Waals surface area contributed by atoms with Crippen LogP contribution in [0, 0.1) is 17.3 Å². The molecule has 1 rings (SSSR count). The molecule has 0 aliphatic heterocycles. The quantitative estimate of drug-likeness (QED) is 0.781. The van der Waals surface area contributed by atoms with Crippen molar-refractivity contribution in [2.75, 3.05) is 7.05 Å². The Bertz CT molecular complexity index is 335. The van der Waals surface area contributed by atoms with Crippen LogP contribution in [0.4, 0.5) is 0 Å². The number of nitrogens with two attached hydrogens (primary N) is 1. The maximum absolute atomic E-state index is 12.6. The highest BCUT2D eigenvalue weighted by molar-refractivity contribution is 7.80. The summed E-state index contributed by atoms with van der Waals surface area (Å²) >= 11 is 5.13. The molecule has 0 spiro atoms. The summed E-state index contributed by atoms with van der Waals surface area (Å²) in [5, 5.41) is 0. The lowest BCUT2D eigenvalue weighted by molar-refractivity contribution is -0.144. The summed E-state index contributed by atoms with van der Waals surface area (Å²) in [6.07, 6.45) is 2.62. The van der Waals surface area contributed by atoms with E-state index in [-0.39, 0.29) is 11.9 Å². The first-order valence-electron chi connectivity index (χ1n) is 6.78. The molecule has 104 valence electrons. The van der Waals surface area contributed by atoms with Crippen LogP contribution in [-0.4, -0.2) is 28.9 Å². The zero-order valence-corrected chi connectivity index (χ0v) is 13.0. The Morgan fingerprint density at radius 3 is 2.28 bits per heavy atom. The van der Waals surface area contributed by atoms with Crippen molar-refractivity contribution in [2.24, 2.45) is 23.0 Å². The number of nitrogens with zero attached hydrogens (tertiary/aromatic N) is 1. The minimum atomic E-state index is -0.561. The Labute approximate surface area is 116 Å². The number of thiocarbonyl (C=S) groups is 1. The normalized spacial score (nSPS) is 28.7. The Hall–Kier alpha value is -0.640. The third kappa shape index (κ3) is 2.85. The summed E-state index contributed by atoms with van der Waals surface area (Å²) in [6, 6.07) is 0.236. The molecule has 1 fully saturated rings. The highest BCUT2D eigenvalue weighted by Crippen LogP contribution is 2.47. The largest absolute Gasteiger partial charge is 0.392 e. The molecule has 4 heteroatoms. The summed E-state index contributed by atoms with van der Waals surface area (Å²) in [5.41, 5.74) is 5.26. The van der Waals surface area contributed by atoms with Crippen molar-refractivity contribution in [3.63, 3.8) is 0 Å². The van der Waals surface area contributed by atoms with E-state index < -0.39 is 5.41 Å². The predicted molar refractivity (Wildman–Crippen MR) is 79.3 cm³/mol. The van der Waals surface area contributed by atoms with Crippen LogP contribution in [0.2, 0.25) is 0 Å². The van der Waals surface area contributed by atoms with Crippen LogP contribution in [0.3, 0.4) is 0 Å². The molecule has 0 saturated heterocycles. The fraction of sp³-hybridized carbons (Fsp3) is 0.857. The zero-order valence-electron chi connectivity index (χ0n) is 12.2. The molecular weight excluding hydrogens is 244 g/mol. The van der Waals surface area contributed by atoms with E-state index in [2.05, 4.69) is 27.7 Å². The molecule has 2 N–H and O–H groups in total. The monoisotopic (exact) mass is 270 g/mol. The lowest BCUT2D eigenvalue weighted by Gasteiger charge is -2.47. The van der Waals surface area contributed by atoms with Crippen LogP contribution in [0.25, 0.3) is 0 Å². The predicted octanol–water partition coefficient (Wildman–Crippen LogP) is 2.58. The molecule has 0 radical (unpaired) electrons. The maximum Gasteiger partial charge on any atom is 0.235 e. The van der Waals surface area contributed by atoms with E-state index in [0.29, 0.717) is 16.8 Å². The highest BCUT2D eigenvalue weighted by atomic mass is 32.1. The van der Waals surface area contributed by atoms with Gasteiger partial charge < -0.3 is 10.6 Å². The van der Waals surface area contributed by atoms with Crippen molar-refractivity contribution in [2.45, 2.75) is 53.0 Å². The first-order valence-corrected chi connectivity index (χ1v) is 7.18. The topological polar surface area (TPSA) is 46.3 Å². The van der Waals surface area contributed by atoms with E-state index in [0.717, 1.165) is 19.3 Å². The Balaban J connectivity index is 2.76. The van der Waals surface area contributed by atoms with Gasteiger partial charge in [0.25, 0.3) is 0 Å². The van der Waals surface area contributed by atoms with E-state index in [1.165, 1.54) is 0 Å². The second-order valence-electron chi connectivity index (χ2n) is 6.35. The number of hydrogen-bond donors (Lipinski definition) is 1. The maximum atomic E-state index is 12.6. The van der Waals surface area contributed by atoms with Crippen LogP contribution in [-0.2, 0) is 4.79 Å². The van der Waals surface area contributed by atoms with Gasteiger partial charge in [-0.1, -0.05) is 33.0 Å². The van der Waals surface area contributed by atoms with Gasteiger partial charge in [-0.05, 0) is 38.0 Å². The van der Waals surface area contributed by atoms with Gasteiger partial charge in [0.1, 0.15) is 0 Å². The second-order valence-corrected chi connectivity index (χ2v) is 6.79. The van der Waals surface area contributed by atoms with Crippen molar-refractivity contribution in [1.29, 1.82) is 0 Å².